The number of nitrogens with zero attached hydrogens (tertiary/aromatic N) is 2. The first-order valence-corrected chi connectivity index (χ1v) is 7.71. The van der Waals surface area contributed by atoms with Crippen LogP contribution in [0.2, 0.25) is 0 Å². The summed E-state index contributed by atoms with van der Waals surface area (Å²) in [6.45, 7) is 2.13. The molecule has 2 fully saturated rings. The van der Waals surface area contributed by atoms with Crippen molar-refractivity contribution in [1.29, 1.82) is 5.41 Å². The van der Waals surface area contributed by atoms with Gasteiger partial charge in [-0.3, -0.25) is 5.41 Å². The van der Waals surface area contributed by atoms with Crippen LogP contribution in [0.4, 0.5) is 5.82 Å². The summed E-state index contributed by atoms with van der Waals surface area (Å²) in [5.74, 6) is 2.62. The Morgan fingerprint density at radius 3 is 2.62 bits per heavy atom. The highest BCUT2D eigenvalue weighted by Gasteiger charge is 2.37. The number of pyridine rings is 1. The summed E-state index contributed by atoms with van der Waals surface area (Å²) in [7, 11) is 0. The third kappa shape index (κ3) is 2.06. The first kappa shape index (κ1) is 12.6. The topological polar surface area (TPSA) is 66.0 Å². The highest BCUT2D eigenvalue weighted by atomic mass is 15.2. The van der Waals surface area contributed by atoms with Gasteiger partial charge in [-0.1, -0.05) is 24.6 Å². The van der Waals surface area contributed by atoms with Crippen LogP contribution in [0.1, 0.15) is 24.8 Å². The van der Waals surface area contributed by atoms with E-state index in [0.29, 0.717) is 0 Å². The van der Waals surface area contributed by atoms with Crippen LogP contribution in [0.15, 0.2) is 30.3 Å². The summed E-state index contributed by atoms with van der Waals surface area (Å²) in [5, 5.41) is 8.93. The average Bonchev–Trinajstić information content (AvgIpc) is 3.07. The Kier molecular flexibility index (Phi) is 2.84. The number of aromatic nitrogens is 1. The Morgan fingerprint density at radius 1 is 1.19 bits per heavy atom. The second-order valence-corrected chi connectivity index (χ2v) is 6.32. The molecule has 1 aromatic heterocycles. The molecule has 1 aliphatic carbocycles. The number of rotatable bonds is 2. The summed E-state index contributed by atoms with van der Waals surface area (Å²) in [4.78, 5) is 7.16. The number of nitrogen functional groups attached to an aromatic ring is 1. The normalized spacial score (nSPS) is 24.5. The van der Waals surface area contributed by atoms with Gasteiger partial charge >= 0.3 is 0 Å². The van der Waals surface area contributed by atoms with Crippen LogP contribution in [-0.2, 0) is 0 Å². The summed E-state index contributed by atoms with van der Waals surface area (Å²) in [6.07, 6.45) is 4.04. The summed E-state index contributed by atoms with van der Waals surface area (Å²) in [6, 6.07) is 10.1. The van der Waals surface area contributed by atoms with Crippen LogP contribution < -0.4 is 10.6 Å². The molecule has 108 valence electrons. The number of para-hydroxylation sites is 1. The number of nitrogens with two attached hydrogens (primary N) is 1. The fourth-order valence-corrected chi connectivity index (χ4v) is 3.95. The molecule has 3 N–H and O–H groups in total. The molecule has 2 heterocycles. The molecule has 1 saturated heterocycles. The number of hydrogen-bond acceptors (Lipinski definition) is 3. The van der Waals surface area contributed by atoms with E-state index < -0.39 is 0 Å². The van der Waals surface area contributed by atoms with Gasteiger partial charge in [0, 0.05) is 18.5 Å². The van der Waals surface area contributed by atoms with Gasteiger partial charge in [0.2, 0.25) is 0 Å². The number of nitrogens with one attached hydrogen (secondary N) is 1. The van der Waals surface area contributed by atoms with Gasteiger partial charge in [-0.15, -0.1) is 0 Å². The van der Waals surface area contributed by atoms with E-state index in [9.17, 15) is 0 Å². The van der Waals surface area contributed by atoms with E-state index in [1.165, 1.54) is 19.3 Å². The molecule has 1 saturated carbocycles. The number of anilines is 1. The molecule has 2 aliphatic rings. The fourth-order valence-electron chi connectivity index (χ4n) is 3.95. The lowest BCUT2D eigenvalue weighted by Gasteiger charge is -2.22. The second-order valence-electron chi connectivity index (χ2n) is 6.32. The number of hydrogen-bond donors (Lipinski definition) is 2. The van der Waals surface area contributed by atoms with Crippen molar-refractivity contribution in [3.8, 4) is 0 Å². The van der Waals surface area contributed by atoms with Gasteiger partial charge in [0.05, 0.1) is 11.1 Å². The van der Waals surface area contributed by atoms with Crippen molar-refractivity contribution >= 4 is 22.6 Å². The first-order valence-electron chi connectivity index (χ1n) is 7.71. The zero-order chi connectivity index (χ0) is 14.4. The first-order chi connectivity index (χ1) is 10.2. The maximum atomic E-state index is 7.89. The summed E-state index contributed by atoms with van der Waals surface area (Å²) < 4.78 is 0. The van der Waals surface area contributed by atoms with Crippen molar-refractivity contribution in [3.05, 3.63) is 35.9 Å². The minimum absolute atomic E-state index is 0.111. The van der Waals surface area contributed by atoms with Crippen LogP contribution in [0.25, 0.3) is 10.9 Å². The smallest absolute Gasteiger partial charge is 0.140 e. The minimum atomic E-state index is 0.111. The number of benzene rings is 1. The van der Waals surface area contributed by atoms with Crippen molar-refractivity contribution in [1.82, 2.24) is 4.98 Å². The van der Waals surface area contributed by atoms with Gasteiger partial charge in [-0.25, -0.2) is 4.98 Å². The number of amidine groups is 1. The monoisotopic (exact) mass is 280 g/mol. The van der Waals surface area contributed by atoms with E-state index in [2.05, 4.69) is 4.90 Å². The van der Waals surface area contributed by atoms with E-state index >= 15 is 0 Å². The average molecular weight is 280 g/mol. The third-order valence-electron chi connectivity index (χ3n) is 5.02. The highest BCUT2D eigenvalue weighted by molar-refractivity contribution is 6.03. The molecule has 2 unspecified atom stereocenters. The van der Waals surface area contributed by atoms with Crippen molar-refractivity contribution in [2.75, 3.05) is 18.0 Å². The van der Waals surface area contributed by atoms with Crippen LogP contribution in [0.5, 0.6) is 0 Å². The fraction of sp³-hybridized carbons (Fsp3) is 0.412. The molecule has 1 aliphatic heterocycles. The van der Waals surface area contributed by atoms with Gasteiger partial charge in [-0.2, -0.15) is 0 Å². The molecule has 0 amide bonds. The van der Waals surface area contributed by atoms with Gasteiger partial charge in [-0.05, 0) is 36.8 Å². The Bertz CT molecular complexity index is 697. The van der Waals surface area contributed by atoms with Gasteiger partial charge < -0.3 is 10.6 Å². The largest absolute Gasteiger partial charge is 0.384 e. The van der Waals surface area contributed by atoms with Gasteiger partial charge in [0.1, 0.15) is 11.7 Å². The van der Waals surface area contributed by atoms with Crippen LogP contribution in [-0.4, -0.2) is 23.9 Å². The number of fused-ring (bicyclic) bond motifs is 2. The molecular formula is C17H20N4. The maximum absolute atomic E-state index is 7.89. The molecule has 1 aromatic carbocycles. The Morgan fingerprint density at radius 2 is 1.90 bits per heavy atom. The SMILES string of the molecule is N=C(N)c1cc2ccccc2nc1N1CC2CCCC2C1. The van der Waals surface area contributed by atoms with E-state index in [-0.39, 0.29) is 5.84 Å². The Hall–Kier alpha value is -2.10. The minimum Gasteiger partial charge on any atom is -0.384 e. The third-order valence-corrected chi connectivity index (χ3v) is 5.02. The maximum Gasteiger partial charge on any atom is 0.140 e. The lowest BCUT2D eigenvalue weighted by Crippen LogP contribution is -2.26. The van der Waals surface area contributed by atoms with Gasteiger partial charge in [0.25, 0.3) is 0 Å². The zero-order valence-corrected chi connectivity index (χ0v) is 12.0. The lowest BCUT2D eigenvalue weighted by atomic mass is 10.0. The van der Waals surface area contributed by atoms with Crippen LogP contribution >= 0.6 is 0 Å². The molecule has 4 nitrogen and oxygen atoms in total. The Labute approximate surface area is 124 Å². The van der Waals surface area contributed by atoms with Crippen molar-refractivity contribution < 1.29 is 0 Å². The van der Waals surface area contributed by atoms with Crippen molar-refractivity contribution in [3.63, 3.8) is 0 Å². The van der Waals surface area contributed by atoms with E-state index in [1.807, 2.05) is 30.3 Å². The highest BCUT2D eigenvalue weighted by Crippen LogP contribution is 2.40. The van der Waals surface area contributed by atoms with Gasteiger partial charge in [0.15, 0.2) is 0 Å². The quantitative estimate of drug-likeness (QED) is 0.656. The molecule has 0 radical (unpaired) electrons. The molecule has 2 aromatic rings. The summed E-state index contributed by atoms with van der Waals surface area (Å²) in [5.41, 5.74) is 7.56. The Balaban J connectivity index is 1.79. The predicted molar refractivity (Wildman–Crippen MR) is 85.8 cm³/mol. The van der Waals surface area contributed by atoms with E-state index in [4.69, 9.17) is 16.1 Å². The lowest BCUT2D eigenvalue weighted by molar-refractivity contribution is 0.494. The standard InChI is InChI=1S/C17H20N4/c18-16(19)14-8-11-4-1-2-7-15(11)20-17(14)21-9-12-5-3-6-13(12)10-21/h1-2,4,7-8,12-13H,3,5-6,9-10H2,(H3,18,19). The molecule has 21 heavy (non-hydrogen) atoms. The van der Waals surface area contributed by atoms with E-state index in [0.717, 1.165) is 47.2 Å². The van der Waals surface area contributed by atoms with Crippen LogP contribution in [0, 0.1) is 17.2 Å². The van der Waals surface area contributed by atoms with Crippen molar-refractivity contribution in [2.24, 2.45) is 17.6 Å². The molecule has 2 atom stereocenters. The molecule has 0 bridgehead atoms. The molecule has 4 heteroatoms. The zero-order valence-electron chi connectivity index (χ0n) is 12.0. The molecular weight excluding hydrogens is 260 g/mol. The second kappa shape index (κ2) is 4.72. The predicted octanol–water partition coefficient (Wildman–Crippen LogP) is 2.76. The van der Waals surface area contributed by atoms with E-state index in [1.54, 1.807) is 0 Å². The van der Waals surface area contributed by atoms with Crippen molar-refractivity contribution in [2.45, 2.75) is 19.3 Å². The molecule has 4 rings (SSSR count). The summed E-state index contributed by atoms with van der Waals surface area (Å²) >= 11 is 0. The van der Waals surface area contributed by atoms with Crippen LogP contribution in [0.3, 0.4) is 0 Å². The molecule has 0 spiro atoms.